The quantitative estimate of drug-likeness (QED) is 0.687. The molecule has 1 aromatic heterocycles. The van der Waals surface area contributed by atoms with Gasteiger partial charge in [0.15, 0.2) is 6.10 Å². The van der Waals surface area contributed by atoms with Crippen LogP contribution in [0.5, 0.6) is 5.75 Å². The van der Waals surface area contributed by atoms with Crippen molar-refractivity contribution < 1.29 is 13.9 Å². The number of hydrogen-bond acceptors (Lipinski definition) is 5. The highest BCUT2D eigenvalue weighted by Gasteiger charge is 2.18. The van der Waals surface area contributed by atoms with E-state index in [9.17, 15) is 9.59 Å². The molecule has 3 rings (SSSR count). The highest BCUT2D eigenvalue weighted by Crippen LogP contribution is 2.31. The van der Waals surface area contributed by atoms with Gasteiger partial charge in [0.2, 0.25) is 0 Å². The van der Waals surface area contributed by atoms with E-state index in [1.807, 2.05) is 6.07 Å². The summed E-state index contributed by atoms with van der Waals surface area (Å²) < 4.78 is 10.8. The van der Waals surface area contributed by atoms with Crippen LogP contribution in [0.15, 0.2) is 51.7 Å². The molecule has 0 aliphatic heterocycles. The van der Waals surface area contributed by atoms with Gasteiger partial charge in [0, 0.05) is 17.5 Å². The van der Waals surface area contributed by atoms with Gasteiger partial charge in [-0.2, -0.15) is 5.26 Å². The highest BCUT2D eigenvalue weighted by molar-refractivity contribution is 6.32. The van der Waals surface area contributed by atoms with Crippen molar-refractivity contribution in [2.45, 2.75) is 20.0 Å². The molecule has 7 heteroatoms. The second-order valence-electron chi connectivity index (χ2n) is 5.93. The zero-order valence-corrected chi connectivity index (χ0v) is 15.3. The molecule has 136 valence electrons. The third-order valence-corrected chi connectivity index (χ3v) is 4.28. The van der Waals surface area contributed by atoms with Crippen LogP contribution in [0.25, 0.3) is 11.0 Å². The van der Waals surface area contributed by atoms with E-state index >= 15 is 0 Å². The van der Waals surface area contributed by atoms with E-state index in [1.54, 1.807) is 44.2 Å². The Balaban J connectivity index is 1.84. The molecular weight excluding hydrogens is 368 g/mol. The number of carbonyl (C=O) groups excluding carboxylic acids is 1. The van der Waals surface area contributed by atoms with Gasteiger partial charge in [0.1, 0.15) is 17.4 Å². The van der Waals surface area contributed by atoms with Gasteiger partial charge in [-0.3, -0.25) is 4.79 Å². The zero-order valence-electron chi connectivity index (χ0n) is 14.6. The summed E-state index contributed by atoms with van der Waals surface area (Å²) in [5, 5.41) is 12.7. The Labute approximate surface area is 159 Å². The molecule has 0 bridgehead atoms. The molecule has 6 nitrogen and oxygen atoms in total. The second kappa shape index (κ2) is 7.52. The SMILES string of the molecule is Cc1cc(=O)oc2cc(O[C@@H](C)C(=O)Nc3ccccc3C#N)c(Cl)cc12. The fourth-order valence-electron chi connectivity index (χ4n) is 2.58. The molecule has 0 aliphatic rings. The number of nitrogens with one attached hydrogen (secondary N) is 1. The van der Waals surface area contributed by atoms with Gasteiger partial charge in [0.05, 0.1) is 16.3 Å². The average Bonchev–Trinajstić information content (AvgIpc) is 2.63. The first kappa shape index (κ1) is 18.5. The molecule has 0 unspecified atom stereocenters. The van der Waals surface area contributed by atoms with Crippen molar-refractivity contribution in [3.8, 4) is 11.8 Å². The molecule has 0 saturated heterocycles. The van der Waals surface area contributed by atoms with Crippen LogP contribution in [-0.2, 0) is 4.79 Å². The van der Waals surface area contributed by atoms with Crippen LogP contribution in [0.2, 0.25) is 5.02 Å². The molecule has 0 fully saturated rings. The Bertz CT molecular complexity index is 1130. The number of aryl methyl sites for hydroxylation is 1. The van der Waals surface area contributed by atoms with E-state index in [2.05, 4.69) is 5.32 Å². The monoisotopic (exact) mass is 382 g/mol. The van der Waals surface area contributed by atoms with Gasteiger partial charge in [0.25, 0.3) is 5.91 Å². The van der Waals surface area contributed by atoms with Gasteiger partial charge in [-0.25, -0.2) is 4.79 Å². The number of para-hydroxylation sites is 1. The van der Waals surface area contributed by atoms with Crippen molar-refractivity contribution in [1.82, 2.24) is 0 Å². The van der Waals surface area contributed by atoms with Crippen LogP contribution in [-0.4, -0.2) is 12.0 Å². The van der Waals surface area contributed by atoms with Gasteiger partial charge in [-0.05, 0) is 37.6 Å². The van der Waals surface area contributed by atoms with E-state index in [1.165, 1.54) is 12.1 Å². The summed E-state index contributed by atoms with van der Waals surface area (Å²) in [6.07, 6.45) is -0.900. The van der Waals surface area contributed by atoms with Gasteiger partial charge < -0.3 is 14.5 Å². The van der Waals surface area contributed by atoms with E-state index in [0.29, 0.717) is 22.2 Å². The maximum absolute atomic E-state index is 12.4. The predicted molar refractivity (Wildman–Crippen MR) is 102 cm³/mol. The molecule has 1 heterocycles. The molecule has 1 amide bonds. The van der Waals surface area contributed by atoms with E-state index in [0.717, 1.165) is 5.56 Å². The van der Waals surface area contributed by atoms with E-state index in [-0.39, 0.29) is 10.8 Å². The third-order valence-electron chi connectivity index (χ3n) is 3.98. The average molecular weight is 383 g/mol. The fraction of sp³-hybridized carbons (Fsp3) is 0.150. The number of benzene rings is 2. The summed E-state index contributed by atoms with van der Waals surface area (Å²) in [6.45, 7) is 3.33. The first-order valence-corrected chi connectivity index (χ1v) is 8.47. The summed E-state index contributed by atoms with van der Waals surface area (Å²) >= 11 is 6.25. The first-order valence-electron chi connectivity index (χ1n) is 8.09. The molecule has 2 aromatic carbocycles. The molecule has 3 aromatic rings. The lowest BCUT2D eigenvalue weighted by atomic mass is 10.1. The predicted octanol–water partition coefficient (Wildman–Crippen LogP) is 4.03. The first-order chi connectivity index (χ1) is 12.9. The summed E-state index contributed by atoms with van der Waals surface area (Å²) in [5.74, 6) is -0.228. The molecule has 0 aliphatic carbocycles. The Morgan fingerprint density at radius 2 is 2.04 bits per heavy atom. The Morgan fingerprint density at radius 1 is 1.30 bits per heavy atom. The van der Waals surface area contributed by atoms with Gasteiger partial charge in [-0.1, -0.05) is 23.7 Å². The summed E-state index contributed by atoms with van der Waals surface area (Å²) in [5.41, 5.74) is 1.31. The number of rotatable bonds is 4. The van der Waals surface area contributed by atoms with Crippen molar-refractivity contribution in [1.29, 1.82) is 5.26 Å². The van der Waals surface area contributed by atoms with Crippen molar-refractivity contribution in [3.63, 3.8) is 0 Å². The summed E-state index contributed by atoms with van der Waals surface area (Å²) in [4.78, 5) is 24.0. The molecular formula is C20H15ClN2O4. The van der Waals surface area contributed by atoms with Crippen molar-refractivity contribution in [2.24, 2.45) is 0 Å². The second-order valence-corrected chi connectivity index (χ2v) is 6.34. The Hall–Kier alpha value is -3.30. The number of nitrogens with zero attached hydrogens (tertiary/aromatic N) is 1. The number of fused-ring (bicyclic) bond motifs is 1. The lowest BCUT2D eigenvalue weighted by Gasteiger charge is -2.16. The third kappa shape index (κ3) is 3.94. The molecule has 0 spiro atoms. The lowest BCUT2D eigenvalue weighted by Crippen LogP contribution is -2.30. The Kier molecular flexibility index (Phi) is 5.15. The number of amides is 1. The number of nitriles is 1. The minimum Gasteiger partial charge on any atom is -0.479 e. The van der Waals surface area contributed by atoms with E-state index < -0.39 is 17.6 Å². The standard InChI is InChI=1S/C20H15ClN2O4/c1-11-7-19(24)27-17-9-18(15(21)8-14(11)17)26-12(2)20(25)23-16-6-4-3-5-13(16)10-22/h3-9,12H,1-2H3,(H,23,25)/t12-/m0/s1. The highest BCUT2D eigenvalue weighted by atomic mass is 35.5. The number of carbonyl (C=O) groups is 1. The van der Waals surface area contributed by atoms with Crippen LogP contribution in [0, 0.1) is 18.3 Å². The largest absolute Gasteiger partial charge is 0.479 e. The van der Waals surface area contributed by atoms with Crippen LogP contribution < -0.4 is 15.7 Å². The fourth-order valence-corrected chi connectivity index (χ4v) is 2.79. The molecule has 1 atom stereocenters. The van der Waals surface area contributed by atoms with E-state index in [4.69, 9.17) is 26.0 Å². The number of anilines is 1. The molecule has 0 saturated carbocycles. The van der Waals surface area contributed by atoms with Gasteiger partial charge >= 0.3 is 5.63 Å². The molecule has 0 radical (unpaired) electrons. The van der Waals surface area contributed by atoms with Crippen molar-refractivity contribution in [2.75, 3.05) is 5.32 Å². The van der Waals surface area contributed by atoms with Crippen molar-refractivity contribution in [3.05, 3.63) is 69.0 Å². The van der Waals surface area contributed by atoms with Crippen LogP contribution in [0.3, 0.4) is 0 Å². The van der Waals surface area contributed by atoms with Crippen molar-refractivity contribution >= 4 is 34.2 Å². The minimum atomic E-state index is -0.900. The molecule has 27 heavy (non-hydrogen) atoms. The number of hydrogen-bond donors (Lipinski definition) is 1. The molecule has 1 N–H and O–H groups in total. The van der Waals surface area contributed by atoms with Gasteiger partial charge in [-0.15, -0.1) is 0 Å². The normalized spacial score (nSPS) is 11.6. The number of ether oxygens (including phenoxy) is 1. The van der Waals surface area contributed by atoms with Crippen LogP contribution in [0.4, 0.5) is 5.69 Å². The number of halogens is 1. The zero-order chi connectivity index (χ0) is 19.6. The van der Waals surface area contributed by atoms with Crippen LogP contribution >= 0.6 is 11.6 Å². The summed E-state index contributed by atoms with van der Waals surface area (Å²) in [6, 6.07) is 13.2. The maximum Gasteiger partial charge on any atom is 0.336 e. The topological polar surface area (TPSA) is 92.3 Å². The lowest BCUT2D eigenvalue weighted by molar-refractivity contribution is -0.122. The minimum absolute atomic E-state index is 0.217. The summed E-state index contributed by atoms with van der Waals surface area (Å²) in [7, 11) is 0. The maximum atomic E-state index is 12.4. The smallest absolute Gasteiger partial charge is 0.336 e. The Morgan fingerprint density at radius 3 is 2.78 bits per heavy atom. The van der Waals surface area contributed by atoms with Crippen LogP contribution in [0.1, 0.15) is 18.1 Å².